The number of carbonyl (C=O) groups is 1. The van der Waals surface area contributed by atoms with Crippen molar-refractivity contribution in [2.24, 2.45) is 0 Å². The molecule has 0 spiro atoms. The molecule has 1 aliphatic heterocycles. The van der Waals surface area contributed by atoms with E-state index in [9.17, 15) is 9.90 Å². The molecule has 5 heteroatoms. The van der Waals surface area contributed by atoms with E-state index in [1.54, 1.807) is 12.1 Å². The molecule has 4 rings (SSSR count). The molecule has 0 radical (unpaired) electrons. The van der Waals surface area contributed by atoms with Gasteiger partial charge in [-0.2, -0.15) is 0 Å². The molecule has 1 aliphatic rings. The number of hydrogen-bond donors (Lipinski definition) is 3. The smallest absolute Gasteiger partial charge is 0.336 e. The van der Waals surface area contributed by atoms with Crippen LogP contribution in [0.2, 0.25) is 5.02 Å². The Morgan fingerprint density at radius 3 is 2.76 bits per heavy atom. The van der Waals surface area contributed by atoms with Crippen LogP contribution >= 0.6 is 11.6 Å². The molecule has 1 atom stereocenters. The molecule has 0 amide bonds. The summed E-state index contributed by atoms with van der Waals surface area (Å²) in [5.74, 6) is -0.917. The zero-order valence-electron chi connectivity index (χ0n) is 16.2. The first-order chi connectivity index (χ1) is 14.1. The molecule has 3 N–H and O–H groups in total. The Balaban J connectivity index is 1.35. The number of carboxylic acids is 1. The largest absolute Gasteiger partial charge is 0.478 e. The van der Waals surface area contributed by atoms with E-state index in [2.05, 4.69) is 46.7 Å². The Bertz CT molecular complexity index is 1040. The van der Waals surface area contributed by atoms with Gasteiger partial charge in [0.15, 0.2) is 0 Å². The normalized spacial score (nSPS) is 16.7. The molecule has 150 valence electrons. The summed E-state index contributed by atoms with van der Waals surface area (Å²) in [7, 11) is 0. The number of rotatable bonds is 7. The molecular weight excluding hydrogens is 384 g/mol. The number of halogens is 1. The summed E-state index contributed by atoms with van der Waals surface area (Å²) in [6, 6.07) is 14.3. The van der Waals surface area contributed by atoms with Crippen LogP contribution in [-0.2, 0) is 6.42 Å². The van der Waals surface area contributed by atoms with Crippen molar-refractivity contribution in [3.05, 3.63) is 76.5 Å². The Kier molecular flexibility index (Phi) is 6.02. The highest BCUT2D eigenvalue weighted by atomic mass is 35.5. The lowest BCUT2D eigenvalue weighted by Gasteiger charge is -2.24. The summed E-state index contributed by atoms with van der Waals surface area (Å²) >= 11 is 6.24. The fourth-order valence-corrected chi connectivity index (χ4v) is 4.44. The number of aromatic carboxylic acids is 1. The average Bonchev–Trinajstić information content (AvgIpc) is 3.17. The first-order valence-electron chi connectivity index (χ1n) is 10.1. The van der Waals surface area contributed by atoms with Gasteiger partial charge in [0.1, 0.15) is 0 Å². The van der Waals surface area contributed by atoms with Crippen molar-refractivity contribution in [2.45, 2.75) is 38.1 Å². The number of aryl methyl sites for hydroxylation is 1. The molecule has 4 nitrogen and oxygen atoms in total. The summed E-state index contributed by atoms with van der Waals surface area (Å²) in [4.78, 5) is 14.7. The predicted octanol–water partition coefficient (Wildman–Crippen LogP) is 5.68. The van der Waals surface area contributed by atoms with Crippen molar-refractivity contribution >= 4 is 34.0 Å². The highest BCUT2D eigenvalue weighted by Gasteiger charge is 2.17. The van der Waals surface area contributed by atoms with Gasteiger partial charge in [-0.15, -0.1) is 0 Å². The third-order valence-corrected chi connectivity index (χ3v) is 6.03. The summed E-state index contributed by atoms with van der Waals surface area (Å²) in [5, 5.41) is 14.4. The van der Waals surface area contributed by atoms with Crippen molar-refractivity contribution in [3.63, 3.8) is 0 Å². The maximum Gasteiger partial charge on any atom is 0.336 e. The standard InChI is InChI=1S/C24H25ClN2O2/c25-21-11-10-20(24(28)29)22-18(15-27-23(21)22)8-4-5-9-19-14-17(12-13-26-19)16-6-2-1-3-7-16/h1-3,6-7,10-12,15,19,26-27H,4-5,8-9,13-14H2,(H,28,29). The lowest BCUT2D eigenvalue weighted by atomic mass is 9.92. The van der Waals surface area contributed by atoms with E-state index in [0.29, 0.717) is 22.1 Å². The van der Waals surface area contributed by atoms with Crippen LogP contribution in [0.5, 0.6) is 0 Å². The lowest BCUT2D eigenvalue weighted by Crippen LogP contribution is -2.32. The van der Waals surface area contributed by atoms with E-state index < -0.39 is 5.97 Å². The molecule has 0 fully saturated rings. The van der Waals surface area contributed by atoms with Crippen molar-refractivity contribution in [2.75, 3.05) is 6.54 Å². The van der Waals surface area contributed by atoms with Gasteiger partial charge in [0.2, 0.25) is 0 Å². The van der Waals surface area contributed by atoms with Crippen LogP contribution in [0.25, 0.3) is 16.5 Å². The molecule has 2 heterocycles. The van der Waals surface area contributed by atoms with Gasteiger partial charge in [-0.3, -0.25) is 0 Å². The quantitative estimate of drug-likeness (QED) is 0.441. The number of carboxylic acid groups (broad SMARTS) is 1. The fraction of sp³-hybridized carbons (Fsp3) is 0.292. The van der Waals surface area contributed by atoms with E-state index in [4.69, 9.17) is 11.6 Å². The number of aromatic nitrogens is 1. The van der Waals surface area contributed by atoms with E-state index >= 15 is 0 Å². The van der Waals surface area contributed by atoms with E-state index in [1.807, 2.05) is 6.20 Å². The maximum absolute atomic E-state index is 11.6. The SMILES string of the molecule is O=C(O)c1ccc(Cl)c2[nH]cc(CCCCC3CC(c4ccccc4)=CCN3)c12. The number of aromatic amines is 1. The number of H-pyrrole nitrogens is 1. The van der Waals surface area contributed by atoms with Gasteiger partial charge < -0.3 is 15.4 Å². The van der Waals surface area contributed by atoms with E-state index in [-0.39, 0.29) is 0 Å². The van der Waals surface area contributed by atoms with Crippen LogP contribution in [0, 0.1) is 0 Å². The van der Waals surface area contributed by atoms with E-state index in [0.717, 1.165) is 49.6 Å². The average molecular weight is 409 g/mol. The number of hydrogen-bond acceptors (Lipinski definition) is 2. The van der Waals surface area contributed by atoms with Gasteiger partial charge >= 0.3 is 5.97 Å². The van der Waals surface area contributed by atoms with Crippen LogP contribution in [0.3, 0.4) is 0 Å². The highest BCUT2D eigenvalue weighted by molar-refractivity contribution is 6.35. The molecule has 0 bridgehead atoms. The zero-order valence-corrected chi connectivity index (χ0v) is 17.0. The Morgan fingerprint density at radius 2 is 1.97 bits per heavy atom. The van der Waals surface area contributed by atoms with Crippen molar-refractivity contribution in [1.82, 2.24) is 10.3 Å². The number of nitrogens with one attached hydrogen (secondary N) is 2. The van der Waals surface area contributed by atoms with Crippen molar-refractivity contribution in [1.29, 1.82) is 0 Å². The minimum atomic E-state index is -0.917. The predicted molar refractivity (Wildman–Crippen MR) is 119 cm³/mol. The summed E-state index contributed by atoms with van der Waals surface area (Å²) in [6.45, 7) is 0.914. The molecule has 3 aromatic rings. The van der Waals surface area contributed by atoms with Crippen LogP contribution in [0.4, 0.5) is 0 Å². The maximum atomic E-state index is 11.6. The molecular formula is C24H25ClN2O2. The summed E-state index contributed by atoms with van der Waals surface area (Å²) in [5.41, 5.74) is 4.80. The monoisotopic (exact) mass is 408 g/mol. The molecule has 1 aromatic heterocycles. The Hall–Kier alpha value is -2.56. The Morgan fingerprint density at radius 1 is 1.14 bits per heavy atom. The topological polar surface area (TPSA) is 65.1 Å². The second kappa shape index (κ2) is 8.85. The second-order valence-corrected chi connectivity index (χ2v) is 8.02. The van der Waals surface area contributed by atoms with Crippen LogP contribution in [0.15, 0.2) is 54.7 Å². The zero-order chi connectivity index (χ0) is 20.2. The molecule has 0 saturated heterocycles. The second-order valence-electron chi connectivity index (χ2n) is 7.61. The minimum absolute atomic E-state index is 0.312. The molecule has 1 unspecified atom stereocenters. The summed E-state index contributed by atoms with van der Waals surface area (Å²) < 4.78 is 0. The number of fused-ring (bicyclic) bond motifs is 1. The lowest BCUT2D eigenvalue weighted by molar-refractivity contribution is 0.0699. The summed E-state index contributed by atoms with van der Waals surface area (Å²) in [6.07, 6.45) is 9.30. The molecule has 2 aromatic carbocycles. The first-order valence-corrected chi connectivity index (χ1v) is 10.5. The van der Waals surface area contributed by atoms with Crippen LogP contribution < -0.4 is 5.32 Å². The first kappa shape index (κ1) is 19.7. The van der Waals surface area contributed by atoms with Crippen LogP contribution in [0.1, 0.15) is 47.2 Å². The van der Waals surface area contributed by atoms with Gasteiger partial charge in [0, 0.05) is 24.2 Å². The van der Waals surface area contributed by atoms with Crippen molar-refractivity contribution < 1.29 is 9.90 Å². The minimum Gasteiger partial charge on any atom is -0.478 e. The van der Waals surface area contributed by atoms with Gasteiger partial charge in [0.25, 0.3) is 0 Å². The number of unbranched alkanes of at least 4 members (excludes halogenated alkanes) is 1. The third kappa shape index (κ3) is 4.39. The third-order valence-electron chi connectivity index (χ3n) is 5.71. The number of benzene rings is 2. The highest BCUT2D eigenvalue weighted by Crippen LogP contribution is 2.30. The van der Waals surface area contributed by atoms with Gasteiger partial charge in [-0.1, -0.05) is 54.4 Å². The Labute approximate surface area is 175 Å². The van der Waals surface area contributed by atoms with Crippen molar-refractivity contribution in [3.8, 4) is 0 Å². The van der Waals surface area contributed by atoms with Gasteiger partial charge in [-0.25, -0.2) is 4.79 Å². The molecule has 29 heavy (non-hydrogen) atoms. The van der Waals surface area contributed by atoms with E-state index in [1.165, 1.54) is 11.1 Å². The fourth-order valence-electron chi connectivity index (χ4n) is 4.23. The molecule has 0 saturated carbocycles. The van der Waals surface area contributed by atoms with Gasteiger partial charge in [-0.05, 0) is 54.5 Å². The van der Waals surface area contributed by atoms with Crippen LogP contribution in [-0.4, -0.2) is 28.6 Å². The van der Waals surface area contributed by atoms with Gasteiger partial charge in [0.05, 0.1) is 16.1 Å². The molecule has 0 aliphatic carbocycles.